The first-order chi connectivity index (χ1) is 20.8. The fraction of sp³-hybridized carbons (Fsp3) is 0.927. The van der Waals surface area contributed by atoms with Gasteiger partial charge in [0.2, 0.25) is 0 Å². The summed E-state index contributed by atoms with van der Waals surface area (Å²) in [5, 5.41) is 0. The second-order valence-corrected chi connectivity index (χ2v) is 14.9. The van der Waals surface area contributed by atoms with Crippen molar-refractivity contribution in [1.82, 2.24) is 0 Å². The highest BCUT2D eigenvalue weighted by Crippen LogP contribution is 2.22. The zero-order valence-corrected chi connectivity index (χ0v) is 30.6. The molecule has 0 aromatic carbocycles. The minimum absolute atomic E-state index is 0.0207. The van der Waals surface area contributed by atoms with E-state index in [0.29, 0.717) is 13.0 Å². The Morgan fingerprint density at radius 1 is 0.512 bits per heavy atom. The van der Waals surface area contributed by atoms with Gasteiger partial charge in [-0.05, 0) is 50.0 Å². The van der Waals surface area contributed by atoms with E-state index >= 15 is 0 Å². The van der Waals surface area contributed by atoms with Gasteiger partial charge in [-0.1, -0.05) is 194 Å². The maximum Gasteiger partial charge on any atom is 0.306 e. The van der Waals surface area contributed by atoms with Gasteiger partial charge in [-0.2, -0.15) is 0 Å². The Morgan fingerprint density at radius 2 is 0.907 bits per heavy atom. The lowest BCUT2D eigenvalue weighted by Crippen LogP contribution is -2.04. The third-order valence-corrected chi connectivity index (χ3v) is 9.55. The van der Waals surface area contributed by atoms with Crippen LogP contribution in [-0.2, 0) is 9.53 Å². The predicted molar refractivity (Wildman–Crippen MR) is 193 cm³/mol. The van der Waals surface area contributed by atoms with Crippen LogP contribution >= 0.6 is 0 Å². The standard InChI is InChI=1S/C41H80O2/c1-7-8-9-10-11-12-13-14-15-16-17-18-19-20-21-22-23-24-34-41(42)43-36-35-40(6)33-27-32-39(5)31-26-30-38(4)29-25-28-37(2)3/h35,37-39H,7-34,36H2,1-6H3. The molecule has 0 aromatic heterocycles. The molecule has 0 aromatic rings. The molecule has 43 heavy (non-hydrogen) atoms. The number of ether oxygens (including phenoxy) is 1. The van der Waals surface area contributed by atoms with Crippen LogP contribution in [0.5, 0.6) is 0 Å². The Hall–Kier alpha value is -0.790. The number of hydrogen-bond donors (Lipinski definition) is 0. The fourth-order valence-corrected chi connectivity index (χ4v) is 6.33. The van der Waals surface area contributed by atoms with Crippen molar-refractivity contribution in [2.75, 3.05) is 6.61 Å². The number of esters is 1. The van der Waals surface area contributed by atoms with Crippen LogP contribution in [0.25, 0.3) is 0 Å². The molecule has 0 N–H and O–H groups in total. The van der Waals surface area contributed by atoms with Gasteiger partial charge in [0, 0.05) is 6.42 Å². The van der Waals surface area contributed by atoms with Crippen molar-refractivity contribution in [1.29, 1.82) is 0 Å². The van der Waals surface area contributed by atoms with Crippen LogP contribution in [0.4, 0.5) is 0 Å². The minimum atomic E-state index is -0.0207. The zero-order chi connectivity index (χ0) is 31.8. The predicted octanol–water partition coefficient (Wildman–Crippen LogP) is 14.3. The highest BCUT2D eigenvalue weighted by atomic mass is 16.5. The molecule has 0 amide bonds. The maximum absolute atomic E-state index is 12.1. The Bertz CT molecular complexity index is 607. The van der Waals surface area contributed by atoms with Crippen molar-refractivity contribution in [3.8, 4) is 0 Å². The lowest BCUT2D eigenvalue weighted by atomic mass is 9.91. The van der Waals surface area contributed by atoms with Crippen molar-refractivity contribution >= 4 is 5.97 Å². The van der Waals surface area contributed by atoms with E-state index in [0.717, 1.165) is 37.0 Å². The molecular formula is C41H80O2. The Kier molecular flexibility index (Phi) is 32.0. The van der Waals surface area contributed by atoms with Gasteiger partial charge in [0.1, 0.15) is 6.61 Å². The first-order valence-electron chi connectivity index (χ1n) is 19.7. The van der Waals surface area contributed by atoms with E-state index in [4.69, 9.17) is 4.74 Å². The molecule has 0 aliphatic heterocycles. The lowest BCUT2D eigenvalue weighted by Gasteiger charge is -2.15. The van der Waals surface area contributed by atoms with Crippen LogP contribution in [0.1, 0.15) is 221 Å². The molecule has 2 unspecified atom stereocenters. The van der Waals surface area contributed by atoms with Crippen LogP contribution in [0.15, 0.2) is 11.6 Å². The van der Waals surface area contributed by atoms with Gasteiger partial charge >= 0.3 is 5.97 Å². The molecule has 2 atom stereocenters. The summed E-state index contributed by atoms with van der Waals surface area (Å²) in [6, 6.07) is 0. The van der Waals surface area contributed by atoms with Crippen LogP contribution in [0.3, 0.4) is 0 Å². The van der Waals surface area contributed by atoms with Crippen molar-refractivity contribution in [2.45, 2.75) is 221 Å². The van der Waals surface area contributed by atoms with E-state index < -0.39 is 0 Å². The molecule has 0 heterocycles. The van der Waals surface area contributed by atoms with Gasteiger partial charge in [0.25, 0.3) is 0 Å². The molecule has 0 aliphatic rings. The average molecular weight is 605 g/mol. The second kappa shape index (κ2) is 32.6. The summed E-state index contributed by atoms with van der Waals surface area (Å²) in [4.78, 5) is 12.1. The molecule has 0 aliphatic carbocycles. The van der Waals surface area contributed by atoms with Crippen LogP contribution < -0.4 is 0 Å². The topological polar surface area (TPSA) is 26.3 Å². The number of carbonyl (C=O) groups excluding carboxylic acids is 1. The largest absolute Gasteiger partial charge is 0.461 e. The van der Waals surface area contributed by atoms with E-state index in [1.165, 1.54) is 160 Å². The summed E-state index contributed by atoms with van der Waals surface area (Å²) in [5.74, 6) is 2.54. The van der Waals surface area contributed by atoms with Crippen LogP contribution in [-0.4, -0.2) is 12.6 Å². The molecule has 2 nitrogen and oxygen atoms in total. The molecule has 2 heteroatoms. The van der Waals surface area contributed by atoms with Crippen molar-refractivity contribution < 1.29 is 9.53 Å². The van der Waals surface area contributed by atoms with Crippen LogP contribution in [0, 0.1) is 17.8 Å². The summed E-state index contributed by atoms with van der Waals surface area (Å²) in [6.45, 7) is 14.5. The summed E-state index contributed by atoms with van der Waals surface area (Å²) >= 11 is 0. The monoisotopic (exact) mass is 605 g/mol. The number of allylic oxidation sites excluding steroid dienone is 1. The van der Waals surface area contributed by atoms with Crippen molar-refractivity contribution in [3.63, 3.8) is 0 Å². The van der Waals surface area contributed by atoms with Gasteiger partial charge in [-0.25, -0.2) is 0 Å². The molecule has 0 saturated heterocycles. The number of unbranched alkanes of at least 4 members (excludes halogenated alkanes) is 17. The van der Waals surface area contributed by atoms with Gasteiger partial charge in [-0.15, -0.1) is 0 Å². The fourth-order valence-electron chi connectivity index (χ4n) is 6.33. The quantitative estimate of drug-likeness (QED) is 0.0423. The third kappa shape index (κ3) is 33.9. The van der Waals surface area contributed by atoms with E-state index in [-0.39, 0.29) is 5.97 Å². The number of hydrogen-bond acceptors (Lipinski definition) is 2. The Morgan fingerprint density at radius 3 is 1.35 bits per heavy atom. The van der Waals surface area contributed by atoms with Gasteiger partial charge in [-0.3, -0.25) is 4.79 Å². The van der Waals surface area contributed by atoms with Gasteiger partial charge in [0.05, 0.1) is 0 Å². The van der Waals surface area contributed by atoms with Crippen LogP contribution in [0.2, 0.25) is 0 Å². The van der Waals surface area contributed by atoms with Crippen molar-refractivity contribution in [2.24, 2.45) is 17.8 Å². The zero-order valence-electron chi connectivity index (χ0n) is 30.6. The average Bonchev–Trinajstić information content (AvgIpc) is 2.96. The first kappa shape index (κ1) is 42.2. The Labute approximate surface area is 272 Å². The second-order valence-electron chi connectivity index (χ2n) is 14.9. The molecular weight excluding hydrogens is 524 g/mol. The molecule has 0 bridgehead atoms. The van der Waals surface area contributed by atoms with Gasteiger partial charge in [0.15, 0.2) is 0 Å². The minimum Gasteiger partial charge on any atom is -0.461 e. The summed E-state index contributed by atoms with van der Waals surface area (Å²) < 4.78 is 5.47. The van der Waals surface area contributed by atoms with Crippen molar-refractivity contribution in [3.05, 3.63) is 11.6 Å². The summed E-state index contributed by atoms with van der Waals surface area (Å²) in [7, 11) is 0. The SMILES string of the molecule is CCCCCCCCCCCCCCCCCCCCC(=O)OCC=C(C)CCCC(C)CCCC(C)CCCC(C)C. The van der Waals surface area contributed by atoms with E-state index in [9.17, 15) is 4.79 Å². The normalized spacial score (nSPS) is 13.5. The van der Waals surface area contributed by atoms with Gasteiger partial charge < -0.3 is 4.74 Å². The third-order valence-electron chi connectivity index (χ3n) is 9.55. The summed E-state index contributed by atoms with van der Waals surface area (Å²) in [6.07, 6.45) is 39.4. The molecule has 0 radical (unpaired) electrons. The number of rotatable bonds is 33. The molecule has 0 spiro atoms. The maximum atomic E-state index is 12.1. The van der Waals surface area contributed by atoms with E-state index in [1.807, 2.05) is 0 Å². The van der Waals surface area contributed by atoms with E-state index in [2.05, 4.69) is 47.6 Å². The lowest BCUT2D eigenvalue weighted by molar-refractivity contribution is -0.142. The molecule has 256 valence electrons. The summed E-state index contributed by atoms with van der Waals surface area (Å²) in [5.41, 5.74) is 1.37. The highest BCUT2D eigenvalue weighted by Gasteiger charge is 2.07. The molecule has 0 fully saturated rings. The Balaban J connectivity index is 3.48. The van der Waals surface area contributed by atoms with E-state index in [1.54, 1.807) is 0 Å². The molecule has 0 saturated carbocycles. The molecule has 0 rings (SSSR count). The first-order valence-corrected chi connectivity index (χ1v) is 19.7. The highest BCUT2D eigenvalue weighted by molar-refractivity contribution is 5.69. The smallest absolute Gasteiger partial charge is 0.306 e. The number of carbonyl (C=O) groups is 1.